The van der Waals surface area contributed by atoms with Gasteiger partial charge in [-0.3, -0.25) is 4.79 Å². The SMILES string of the molecule is CC(=O)c1ccc(C2=C(C(C)C)CCC=C2F)cc1. The summed E-state index contributed by atoms with van der Waals surface area (Å²) < 4.78 is 14.1. The van der Waals surface area contributed by atoms with Crippen LogP contribution >= 0.6 is 0 Å². The van der Waals surface area contributed by atoms with Crippen LogP contribution in [0.3, 0.4) is 0 Å². The highest BCUT2D eigenvalue weighted by atomic mass is 19.1. The van der Waals surface area contributed by atoms with Crippen LogP contribution in [0.25, 0.3) is 5.57 Å². The monoisotopic (exact) mass is 258 g/mol. The van der Waals surface area contributed by atoms with Crippen LogP contribution in [-0.2, 0) is 0 Å². The number of halogens is 1. The summed E-state index contributed by atoms with van der Waals surface area (Å²) in [6.07, 6.45) is 3.34. The first kappa shape index (κ1) is 13.7. The van der Waals surface area contributed by atoms with Crippen molar-refractivity contribution in [1.82, 2.24) is 0 Å². The van der Waals surface area contributed by atoms with Gasteiger partial charge in [-0.2, -0.15) is 0 Å². The summed E-state index contributed by atoms with van der Waals surface area (Å²) in [5, 5.41) is 0. The highest BCUT2D eigenvalue weighted by molar-refractivity contribution is 5.94. The topological polar surface area (TPSA) is 17.1 Å². The van der Waals surface area contributed by atoms with E-state index < -0.39 is 0 Å². The van der Waals surface area contributed by atoms with Crippen LogP contribution < -0.4 is 0 Å². The molecular weight excluding hydrogens is 239 g/mol. The van der Waals surface area contributed by atoms with Gasteiger partial charge in [0.2, 0.25) is 0 Å². The van der Waals surface area contributed by atoms with E-state index in [0.29, 0.717) is 11.5 Å². The minimum Gasteiger partial charge on any atom is -0.295 e. The minimum atomic E-state index is -0.134. The van der Waals surface area contributed by atoms with Crippen LogP contribution in [0.2, 0.25) is 0 Å². The zero-order valence-corrected chi connectivity index (χ0v) is 11.7. The van der Waals surface area contributed by atoms with Crippen molar-refractivity contribution in [2.75, 3.05) is 0 Å². The van der Waals surface area contributed by atoms with E-state index in [4.69, 9.17) is 0 Å². The molecule has 1 nitrogen and oxygen atoms in total. The Labute approximate surface area is 113 Å². The fourth-order valence-corrected chi connectivity index (χ4v) is 2.51. The standard InChI is InChI=1S/C17H19FO/c1-11(2)15-5-4-6-16(18)17(15)14-9-7-13(8-10-14)12(3)19/h6-11H,4-5H2,1-3H3. The molecule has 0 radical (unpaired) electrons. The summed E-state index contributed by atoms with van der Waals surface area (Å²) in [5.41, 5.74) is 3.41. The third kappa shape index (κ3) is 2.83. The van der Waals surface area contributed by atoms with E-state index in [-0.39, 0.29) is 11.6 Å². The Bertz CT molecular complexity index is 547. The third-order valence-corrected chi connectivity index (χ3v) is 3.57. The average molecular weight is 258 g/mol. The second kappa shape index (κ2) is 5.52. The molecule has 1 aromatic carbocycles. The maximum absolute atomic E-state index is 14.1. The molecule has 1 aliphatic rings. The predicted octanol–water partition coefficient (Wildman–Crippen LogP) is 4.95. The maximum atomic E-state index is 14.1. The van der Waals surface area contributed by atoms with Crippen molar-refractivity contribution < 1.29 is 9.18 Å². The van der Waals surface area contributed by atoms with Gasteiger partial charge in [0.05, 0.1) is 0 Å². The van der Waals surface area contributed by atoms with Gasteiger partial charge in [-0.1, -0.05) is 43.7 Å². The second-order valence-corrected chi connectivity index (χ2v) is 5.28. The van der Waals surface area contributed by atoms with E-state index in [1.807, 2.05) is 12.1 Å². The molecule has 0 N–H and O–H groups in total. The molecule has 2 heteroatoms. The zero-order valence-electron chi connectivity index (χ0n) is 11.7. The largest absolute Gasteiger partial charge is 0.295 e. The zero-order chi connectivity index (χ0) is 14.0. The first-order valence-electron chi connectivity index (χ1n) is 6.71. The van der Waals surface area contributed by atoms with Crippen LogP contribution in [0.4, 0.5) is 4.39 Å². The van der Waals surface area contributed by atoms with Gasteiger partial charge in [-0.15, -0.1) is 0 Å². The lowest BCUT2D eigenvalue weighted by molar-refractivity contribution is 0.101. The van der Waals surface area contributed by atoms with E-state index in [9.17, 15) is 9.18 Å². The number of ketones is 1. The summed E-state index contributed by atoms with van der Waals surface area (Å²) in [5.74, 6) is 0.233. The lowest BCUT2D eigenvalue weighted by Gasteiger charge is -2.21. The quantitative estimate of drug-likeness (QED) is 0.701. The van der Waals surface area contributed by atoms with Crippen molar-refractivity contribution >= 4 is 11.4 Å². The Hall–Kier alpha value is -1.70. The second-order valence-electron chi connectivity index (χ2n) is 5.28. The number of rotatable bonds is 3. The lowest BCUT2D eigenvalue weighted by atomic mass is 9.85. The van der Waals surface area contributed by atoms with Crippen molar-refractivity contribution in [3.05, 3.63) is 52.9 Å². The number of Topliss-reactive ketones (excluding diaryl/α,β-unsaturated/α-hetero) is 1. The molecule has 0 spiro atoms. The van der Waals surface area contributed by atoms with Gasteiger partial charge in [-0.25, -0.2) is 4.39 Å². The van der Waals surface area contributed by atoms with E-state index in [1.54, 1.807) is 18.2 Å². The summed E-state index contributed by atoms with van der Waals surface area (Å²) in [7, 11) is 0. The number of hydrogen-bond donors (Lipinski definition) is 0. The molecular formula is C17H19FO. The number of carbonyl (C=O) groups excluding carboxylic acids is 1. The van der Waals surface area contributed by atoms with Crippen molar-refractivity contribution in [3.8, 4) is 0 Å². The molecule has 0 fully saturated rings. The van der Waals surface area contributed by atoms with Crippen molar-refractivity contribution in [2.45, 2.75) is 33.6 Å². The molecule has 0 aliphatic heterocycles. The fraction of sp³-hybridized carbons (Fsp3) is 0.353. The van der Waals surface area contributed by atoms with Gasteiger partial charge in [0.25, 0.3) is 0 Å². The Kier molecular flexibility index (Phi) is 3.98. The molecule has 0 unspecified atom stereocenters. The Morgan fingerprint density at radius 2 is 1.84 bits per heavy atom. The predicted molar refractivity (Wildman–Crippen MR) is 76.6 cm³/mol. The van der Waals surface area contributed by atoms with Crippen LogP contribution in [0, 0.1) is 5.92 Å². The first-order valence-corrected chi connectivity index (χ1v) is 6.71. The molecule has 0 atom stereocenters. The molecule has 2 rings (SSSR count). The minimum absolute atomic E-state index is 0.0317. The fourth-order valence-electron chi connectivity index (χ4n) is 2.51. The van der Waals surface area contributed by atoms with Crippen molar-refractivity contribution in [3.63, 3.8) is 0 Å². The summed E-state index contributed by atoms with van der Waals surface area (Å²) >= 11 is 0. The molecule has 0 amide bonds. The average Bonchev–Trinajstić information content (AvgIpc) is 2.38. The van der Waals surface area contributed by atoms with E-state index >= 15 is 0 Å². The van der Waals surface area contributed by atoms with E-state index in [1.165, 1.54) is 6.92 Å². The summed E-state index contributed by atoms with van der Waals surface area (Å²) in [4.78, 5) is 11.3. The van der Waals surface area contributed by atoms with E-state index in [2.05, 4.69) is 13.8 Å². The molecule has 0 aromatic heterocycles. The first-order chi connectivity index (χ1) is 9.00. The van der Waals surface area contributed by atoms with Gasteiger partial charge in [0.15, 0.2) is 5.78 Å². The molecule has 100 valence electrons. The normalized spacial score (nSPS) is 15.7. The lowest BCUT2D eigenvalue weighted by Crippen LogP contribution is -2.04. The molecule has 0 saturated heterocycles. The molecule has 0 bridgehead atoms. The van der Waals surface area contributed by atoms with Crippen LogP contribution in [0.1, 0.15) is 49.5 Å². The summed E-state index contributed by atoms with van der Waals surface area (Å²) in [6.45, 7) is 5.73. The van der Waals surface area contributed by atoms with Crippen LogP contribution in [0.15, 0.2) is 41.7 Å². The van der Waals surface area contributed by atoms with Gasteiger partial charge < -0.3 is 0 Å². The smallest absolute Gasteiger partial charge is 0.159 e. The number of carbonyl (C=O) groups is 1. The Morgan fingerprint density at radius 3 is 2.37 bits per heavy atom. The Balaban J connectivity index is 2.48. The highest BCUT2D eigenvalue weighted by Crippen LogP contribution is 2.37. The van der Waals surface area contributed by atoms with Gasteiger partial charge in [-0.05, 0) is 37.3 Å². The maximum Gasteiger partial charge on any atom is 0.159 e. The number of hydrogen-bond acceptors (Lipinski definition) is 1. The van der Waals surface area contributed by atoms with Gasteiger partial charge in [0.1, 0.15) is 5.83 Å². The van der Waals surface area contributed by atoms with Crippen molar-refractivity contribution in [2.24, 2.45) is 5.92 Å². The van der Waals surface area contributed by atoms with Crippen LogP contribution in [0.5, 0.6) is 0 Å². The van der Waals surface area contributed by atoms with Gasteiger partial charge >= 0.3 is 0 Å². The number of allylic oxidation sites excluding steroid dienone is 4. The van der Waals surface area contributed by atoms with E-state index in [0.717, 1.165) is 29.6 Å². The Morgan fingerprint density at radius 1 is 1.21 bits per heavy atom. The van der Waals surface area contributed by atoms with Crippen molar-refractivity contribution in [1.29, 1.82) is 0 Å². The third-order valence-electron chi connectivity index (χ3n) is 3.57. The number of benzene rings is 1. The van der Waals surface area contributed by atoms with Gasteiger partial charge in [0, 0.05) is 11.1 Å². The van der Waals surface area contributed by atoms with Crippen LogP contribution in [-0.4, -0.2) is 5.78 Å². The molecule has 0 saturated carbocycles. The molecule has 1 aliphatic carbocycles. The highest BCUT2D eigenvalue weighted by Gasteiger charge is 2.19. The molecule has 19 heavy (non-hydrogen) atoms. The summed E-state index contributed by atoms with van der Waals surface area (Å²) in [6, 6.07) is 7.22. The molecule has 1 aromatic rings. The molecule has 0 heterocycles.